The molecule has 0 spiro atoms. The molecule has 0 fully saturated rings. The lowest BCUT2D eigenvalue weighted by Gasteiger charge is -2.25. The topological polar surface area (TPSA) is 52.9 Å². The van der Waals surface area contributed by atoms with Crippen LogP contribution in [0.4, 0.5) is 0 Å². The van der Waals surface area contributed by atoms with Crippen LogP contribution in [0.15, 0.2) is 17.3 Å². The van der Waals surface area contributed by atoms with Gasteiger partial charge in [-0.2, -0.15) is 0 Å². The van der Waals surface area contributed by atoms with E-state index in [1.807, 2.05) is 6.92 Å². The van der Waals surface area contributed by atoms with Crippen molar-refractivity contribution in [3.63, 3.8) is 0 Å². The first-order valence-corrected chi connectivity index (χ1v) is 3.91. The molecule has 0 aliphatic carbocycles. The summed E-state index contributed by atoms with van der Waals surface area (Å²) < 4.78 is 0. The molecule has 4 heteroatoms. The van der Waals surface area contributed by atoms with Crippen LogP contribution in [-0.2, 0) is 4.79 Å². The van der Waals surface area contributed by atoms with Crippen molar-refractivity contribution >= 4 is 12.2 Å². The summed E-state index contributed by atoms with van der Waals surface area (Å²) in [6, 6.07) is -0.446. The number of aliphatic imine (C=N–C) groups is 1. The standard InChI is InChI=1S/C8H12N2O2/c1-2-7(8(11)12)10-5-3-4-9-6-10/h3-5,7H,2,6H2,1H3,(H,11,12). The highest BCUT2D eigenvalue weighted by atomic mass is 16.4. The van der Waals surface area contributed by atoms with E-state index >= 15 is 0 Å². The Morgan fingerprint density at radius 2 is 2.58 bits per heavy atom. The molecular weight excluding hydrogens is 156 g/mol. The van der Waals surface area contributed by atoms with E-state index in [1.165, 1.54) is 0 Å². The second kappa shape index (κ2) is 3.90. The summed E-state index contributed by atoms with van der Waals surface area (Å²) in [5, 5.41) is 8.80. The zero-order valence-corrected chi connectivity index (χ0v) is 6.97. The molecule has 0 saturated carbocycles. The molecule has 0 saturated heterocycles. The maximum atomic E-state index is 10.7. The van der Waals surface area contributed by atoms with E-state index in [9.17, 15) is 4.79 Å². The van der Waals surface area contributed by atoms with Crippen LogP contribution in [0.3, 0.4) is 0 Å². The summed E-state index contributed by atoms with van der Waals surface area (Å²) in [5.41, 5.74) is 0. The molecule has 1 unspecified atom stereocenters. The largest absolute Gasteiger partial charge is 0.480 e. The van der Waals surface area contributed by atoms with E-state index in [0.29, 0.717) is 13.1 Å². The fourth-order valence-corrected chi connectivity index (χ4v) is 1.15. The molecule has 12 heavy (non-hydrogen) atoms. The predicted octanol–water partition coefficient (Wildman–Crippen LogP) is 0.707. The monoisotopic (exact) mass is 168 g/mol. The third kappa shape index (κ3) is 1.84. The summed E-state index contributed by atoms with van der Waals surface area (Å²) in [6.45, 7) is 2.30. The molecule has 1 heterocycles. The average Bonchev–Trinajstić information content (AvgIpc) is 2.07. The molecule has 0 aromatic carbocycles. The molecule has 1 rings (SSSR count). The number of nitrogens with zero attached hydrogens (tertiary/aromatic N) is 2. The van der Waals surface area contributed by atoms with Gasteiger partial charge < -0.3 is 10.0 Å². The highest BCUT2D eigenvalue weighted by Crippen LogP contribution is 2.07. The predicted molar refractivity (Wildman–Crippen MR) is 46.1 cm³/mol. The number of aliphatic carboxylic acids is 1. The lowest BCUT2D eigenvalue weighted by Crippen LogP contribution is -2.38. The molecule has 0 bridgehead atoms. The van der Waals surface area contributed by atoms with Crippen LogP contribution in [0.25, 0.3) is 0 Å². The zero-order chi connectivity index (χ0) is 8.97. The van der Waals surface area contributed by atoms with Crippen molar-refractivity contribution in [3.05, 3.63) is 12.3 Å². The summed E-state index contributed by atoms with van der Waals surface area (Å²) in [4.78, 5) is 16.4. The van der Waals surface area contributed by atoms with E-state index in [-0.39, 0.29) is 0 Å². The van der Waals surface area contributed by atoms with Crippen molar-refractivity contribution in [2.75, 3.05) is 6.67 Å². The zero-order valence-electron chi connectivity index (χ0n) is 6.97. The number of allylic oxidation sites excluding steroid dienone is 1. The maximum absolute atomic E-state index is 10.7. The highest BCUT2D eigenvalue weighted by molar-refractivity contribution is 5.75. The van der Waals surface area contributed by atoms with Gasteiger partial charge in [-0.15, -0.1) is 0 Å². The van der Waals surface area contributed by atoms with Crippen LogP contribution in [0, 0.1) is 0 Å². The molecule has 1 atom stereocenters. The minimum absolute atomic E-state index is 0.446. The van der Waals surface area contributed by atoms with Crippen LogP contribution in [0.1, 0.15) is 13.3 Å². The molecule has 0 aromatic rings. The van der Waals surface area contributed by atoms with Crippen LogP contribution in [0.5, 0.6) is 0 Å². The SMILES string of the molecule is CCC(C(=O)O)N1C=CC=NC1. The normalized spacial score (nSPS) is 17.9. The Kier molecular flexibility index (Phi) is 2.85. The van der Waals surface area contributed by atoms with Gasteiger partial charge in [-0.3, -0.25) is 4.99 Å². The highest BCUT2D eigenvalue weighted by Gasteiger charge is 2.20. The third-order valence-corrected chi connectivity index (χ3v) is 1.79. The molecular formula is C8H12N2O2. The maximum Gasteiger partial charge on any atom is 0.326 e. The van der Waals surface area contributed by atoms with Crippen LogP contribution < -0.4 is 0 Å². The number of carboxylic acid groups (broad SMARTS) is 1. The molecule has 1 N–H and O–H groups in total. The minimum atomic E-state index is -0.792. The molecule has 1 aliphatic heterocycles. The van der Waals surface area contributed by atoms with E-state index in [4.69, 9.17) is 5.11 Å². The fraction of sp³-hybridized carbons (Fsp3) is 0.500. The minimum Gasteiger partial charge on any atom is -0.480 e. The smallest absolute Gasteiger partial charge is 0.326 e. The van der Waals surface area contributed by atoms with Gasteiger partial charge in [0.1, 0.15) is 12.7 Å². The van der Waals surface area contributed by atoms with E-state index in [1.54, 1.807) is 23.4 Å². The summed E-state index contributed by atoms with van der Waals surface area (Å²) in [7, 11) is 0. The van der Waals surface area contributed by atoms with Crippen molar-refractivity contribution in [2.45, 2.75) is 19.4 Å². The molecule has 1 aliphatic rings. The first-order chi connectivity index (χ1) is 5.75. The molecule has 4 nitrogen and oxygen atoms in total. The van der Waals surface area contributed by atoms with Crippen LogP contribution >= 0.6 is 0 Å². The Hall–Kier alpha value is -1.32. The molecule has 0 aromatic heterocycles. The van der Waals surface area contributed by atoms with E-state index < -0.39 is 12.0 Å². The van der Waals surface area contributed by atoms with Gasteiger partial charge in [-0.05, 0) is 12.5 Å². The number of rotatable bonds is 3. The van der Waals surface area contributed by atoms with Gasteiger partial charge in [0.25, 0.3) is 0 Å². The van der Waals surface area contributed by atoms with E-state index in [0.717, 1.165) is 0 Å². The third-order valence-electron chi connectivity index (χ3n) is 1.79. The Bertz CT molecular complexity index is 223. The second-order valence-electron chi connectivity index (χ2n) is 2.59. The second-order valence-corrected chi connectivity index (χ2v) is 2.59. The van der Waals surface area contributed by atoms with Crippen molar-refractivity contribution in [3.8, 4) is 0 Å². The van der Waals surface area contributed by atoms with Gasteiger partial charge in [-0.25, -0.2) is 4.79 Å². The molecule has 0 radical (unpaired) electrons. The lowest BCUT2D eigenvalue weighted by atomic mass is 10.2. The first-order valence-electron chi connectivity index (χ1n) is 3.91. The quantitative estimate of drug-likeness (QED) is 0.675. The van der Waals surface area contributed by atoms with Crippen molar-refractivity contribution in [2.24, 2.45) is 4.99 Å². The Morgan fingerprint density at radius 3 is 3.00 bits per heavy atom. The van der Waals surface area contributed by atoms with Crippen molar-refractivity contribution < 1.29 is 9.90 Å². The van der Waals surface area contributed by atoms with Gasteiger partial charge in [0, 0.05) is 12.4 Å². The Morgan fingerprint density at radius 1 is 1.83 bits per heavy atom. The van der Waals surface area contributed by atoms with Crippen molar-refractivity contribution in [1.82, 2.24) is 4.90 Å². The summed E-state index contributed by atoms with van der Waals surface area (Å²) in [5.74, 6) is -0.792. The van der Waals surface area contributed by atoms with E-state index in [2.05, 4.69) is 4.99 Å². The Balaban J connectivity index is 2.60. The van der Waals surface area contributed by atoms with Gasteiger partial charge in [0.2, 0.25) is 0 Å². The van der Waals surface area contributed by atoms with Crippen LogP contribution in [0.2, 0.25) is 0 Å². The van der Waals surface area contributed by atoms with Gasteiger partial charge in [0.15, 0.2) is 0 Å². The lowest BCUT2D eigenvalue weighted by molar-refractivity contribution is -0.142. The summed E-state index contributed by atoms with van der Waals surface area (Å²) in [6.07, 6.45) is 5.77. The molecule has 66 valence electrons. The van der Waals surface area contributed by atoms with Gasteiger partial charge in [-0.1, -0.05) is 6.92 Å². The summed E-state index contributed by atoms with van der Waals surface area (Å²) >= 11 is 0. The van der Waals surface area contributed by atoms with Crippen LogP contribution in [-0.4, -0.2) is 34.9 Å². The average molecular weight is 168 g/mol. The van der Waals surface area contributed by atoms with Gasteiger partial charge in [0.05, 0.1) is 0 Å². The number of hydrogen-bond acceptors (Lipinski definition) is 3. The van der Waals surface area contributed by atoms with Gasteiger partial charge >= 0.3 is 5.97 Å². The molecule has 0 amide bonds. The number of carbonyl (C=O) groups is 1. The number of carboxylic acids is 1. The Labute approximate surface area is 71.2 Å². The fourth-order valence-electron chi connectivity index (χ4n) is 1.15. The first kappa shape index (κ1) is 8.77. The van der Waals surface area contributed by atoms with Crippen molar-refractivity contribution in [1.29, 1.82) is 0 Å². The number of hydrogen-bond donors (Lipinski definition) is 1.